The Kier molecular flexibility index (Phi) is 6.06. The third-order valence-corrected chi connectivity index (χ3v) is 5.20. The summed E-state index contributed by atoms with van der Waals surface area (Å²) in [5.74, 6) is 0.860. The van der Waals surface area contributed by atoms with Crippen LogP contribution in [0, 0.1) is 11.8 Å². The normalized spacial score (nSPS) is 28.9. The Hall–Kier alpha value is -0.610. The first kappa shape index (κ1) is 16.8. The highest BCUT2D eigenvalue weighted by Crippen LogP contribution is 2.41. The zero-order valence-corrected chi connectivity index (χ0v) is 13.8. The molecule has 2 aliphatic rings. The molecule has 2 saturated carbocycles. The molecule has 0 bridgehead atoms. The molecule has 0 spiro atoms. The topological polar surface area (TPSA) is 47.6 Å². The highest BCUT2D eigenvalue weighted by atomic mass is 16.5. The van der Waals surface area contributed by atoms with E-state index in [0.29, 0.717) is 24.5 Å². The van der Waals surface area contributed by atoms with Gasteiger partial charge in [-0.1, -0.05) is 33.1 Å². The van der Waals surface area contributed by atoms with Crippen molar-refractivity contribution < 1.29 is 14.3 Å². The quantitative estimate of drug-likeness (QED) is 0.700. The number of carbonyl (C=O) groups is 1. The Labute approximate surface area is 129 Å². The summed E-state index contributed by atoms with van der Waals surface area (Å²) in [5, 5.41) is 3.38. The molecule has 0 aromatic heterocycles. The van der Waals surface area contributed by atoms with Crippen molar-refractivity contribution >= 4 is 5.97 Å². The minimum atomic E-state index is -0.626. The van der Waals surface area contributed by atoms with Crippen molar-refractivity contribution in [1.29, 1.82) is 0 Å². The second-order valence-corrected chi connectivity index (χ2v) is 6.57. The highest BCUT2D eigenvalue weighted by Gasteiger charge is 2.52. The van der Waals surface area contributed by atoms with Gasteiger partial charge in [0.15, 0.2) is 0 Å². The Morgan fingerprint density at radius 2 is 1.90 bits per heavy atom. The van der Waals surface area contributed by atoms with E-state index in [1.54, 1.807) is 0 Å². The molecule has 2 aliphatic carbocycles. The van der Waals surface area contributed by atoms with Gasteiger partial charge in [-0.25, -0.2) is 4.79 Å². The number of hydrogen-bond donors (Lipinski definition) is 1. The largest absolute Gasteiger partial charge is 0.468 e. The Morgan fingerprint density at radius 1 is 1.19 bits per heavy atom. The van der Waals surface area contributed by atoms with Crippen LogP contribution in [0.4, 0.5) is 0 Å². The van der Waals surface area contributed by atoms with Crippen LogP contribution in [0.2, 0.25) is 0 Å². The predicted molar refractivity (Wildman–Crippen MR) is 83.1 cm³/mol. The molecule has 1 N–H and O–H groups in total. The number of carbonyl (C=O) groups excluding carboxylic acids is 1. The molecule has 0 heterocycles. The number of ether oxygens (including phenoxy) is 2. The number of esters is 1. The lowest BCUT2D eigenvalue weighted by molar-refractivity contribution is -0.155. The van der Waals surface area contributed by atoms with Gasteiger partial charge in [0.05, 0.1) is 19.8 Å². The molecule has 0 radical (unpaired) electrons. The maximum Gasteiger partial charge on any atom is 0.328 e. The first-order valence-corrected chi connectivity index (χ1v) is 8.63. The molecule has 0 saturated heterocycles. The number of rotatable bonds is 8. The fourth-order valence-corrected chi connectivity index (χ4v) is 3.78. The lowest BCUT2D eigenvalue weighted by Gasteiger charge is -2.36. The third kappa shape index (κ3) is 3.78. The third-order valence-electron chi connectivity index (χ3n) is 5.20. The van der Waals surface area contributed by atoms with E-state index in [0.717, 1.165) is 25.8 Å². The van der Waals surface area contributed by atoms with Crippen LogP contribution in [-0.4, -0.2) is 37.9 Å². The molecule has 0 aliphatic heterocycles. The van der Waals surface area contributed by atoms with Gasteiger partial charge in [-0.3, -0.25) is 5.32 Å². The molecule has 3 unspecified atom stereocenters. The van der Waals surface area contributed by atoms with Crippen molar-refractivity contribution in [3.8, 4) is 0 Å². The van der Waals surface area contributed by atoms with E-state index in [1.165, 1.54) is 32.8 Å². The standard InChI is InChI=1S/C17H31NO3/c1-4-13-8-6-7-9-15(13)21-12-17(18-5-2,14-10-11-14)16(19)20-3/h13-15,18H,4-12H2,1-3H3. The number of likely N-dealkylation sites (N-methyl/N-ethyl adjacent to an activating group) is 1. The van der Waals surface area contributed by atoms with Crippen molar-refractivity contribution in [2.45, 2.75) is 70.4 Å². The van der Waals surface area contributed by atoms with Crippen LogP contribution < -0.4 is 5.32 Å². The fourth-order valence-electron chi connectivity index (χ4n) is 3.78. The van der Waals surface area contributed by atoms with Gasteiger partial charge in [0.2, 0.25) is 0 Å². The van der Waals surface area contributed by atoms with Crippen molar-refractivity contribution in [2.24, 2.45) is 11.8 Å². The van der Waals surface area contributed by atoms with E-state index in [1.807, 2.05) is 6.92 Å². The summed E-state index contributed by atoms with van der Waals surface area (Å²) < 4.78 is 11.3. The number of nitrogens with one attached hydrogen (secondary N) is 1. The van der Waals surface area contributed by atoms with Gasteiger partial charge in [0, 0.05) is 0 Å². The molecule has 122 valence electrons. The summed E-state index contributed by atoms with van der Waals surface area (Å²) in [6.07, 6.45) is 8.61. The van der Waals surface area contributed by atoms with E-state index >= 15 is 0 Å². The van der Waals surface area contributed by atoms with Gasteiger partial charge in [-0.2, -0.15) is 0 Å². The predicted octanol–water partition coefficient (Wildman–Crippen LogP) is 2.90. The zero-order valence-electron chi connectivity index (χ0n) is 13.8. The summed E-state index contributed by atoms with van der Waals surface area (Å²) in [4.78, 5) is 12.4. The highest BCUT2D eigenvalue weighted by molar-refractivity contribution is 5.82. The van der Waals surface area contributed by atoms with Crippen LogP contribution in [0.15, 0.2) is 0 Å². The molecule has 0 aromatic rings. The second-order valence-electron chi connectivity index (χ2n) is 6.57. The van der Waals surface area contributed by atoms with E-state index < -0.39 is 5.54 Å². The lowest BCUT2D eigenvalue weighted by atomic mass is 9.84. The molecule has 4 heteroatoms. The SMILES string of the molecule is CCNC(COC1CCCCC1CC)(C(=O)OC)C1CC1. The number of methoxy groups -OCH3 is 1. The molecule has 2 fully saturated rings. The smallest absolute Gasteiger partial charge is 0.328 e. The van der Waals surface area contributed by atoms with Crippen LogP contribution in [0.25, 0.3) is 0 Å². The van der Waals surface area contributed by atoms with Crippen LogP contribution in [0.3, 0.4) is 0 Å². The average molecular weight is 297 g/mol. The van der Waals surface area contributed by atoms with Gasteiger partial charge in [-0.05, 0) is 44.1 Å². The molecular formula is C17H31NO3. The van der Waals surface area contributed by atoms with E-state index in [-0.39, 0.29) is 5.97 Å². The fraction of sp³-hybridized carbons (Fsp3) is 0.941. The zero-order chi connectivity index (χ0) is 15.3. The maximum absolute atomic E-state index is 12.4. The van der Waals surface area contributed by atoms with E-state index in [9.17, 15) is 4.79 Å². The summed E-state index contributed by atoms with van der Waals surface area (Å²) in [5.41, 5.74) is -0.626. The first-order valence-electron chi connectivity index (χ1n) is 8.63. The van der Waals surface area contributed by atoms with Gasteiger partial charge in [-0.15, -0.1) is 0 Å². The minimum Gasteiger partial charge on any atom is -0.468 e. The first-order chi connectivity index (χ1) is 10.2. The van der Waals surface area contributed by atoms with Crippen molar-refractivity contribution in [3.05, 3.63) is 0 Å². The van der Waals surface area contributed by atoms with E-state index in [2.05, 4.69) is 12.2 Å². The lowest BCUT2D eigenvalue weighted by Crippen LogP contribution is -2.58. The van der Waals surface area contributed by atoms with Crippen LogP contribution in [-0.2, 0) is 14.3 Å². The summed E-state index contributed by atoms with van der Waals surface area (Å²) in [6, 6.07) is 0. The second kappa shape index (κ2) is 7.59. The van der Waals surface area contributed by atoms with Crippen molar-refractivity contribution in [3.63, 3.8) is 0 Å². The van der Waals surface area contributed by atoms with Crippen molar-refractivity contribution in [1.82, 2.24) is 5.32 Å². The van der Waals surface area contributed by atoms with E-state index in [4.69, 9.17) is 9.47 Å². The Balaban J connectivity index is 2.02. The van der Waals surface area contributed by atoms with Crippen LogP contribution >= 0.6 is 0 Å². The molecule has 3 atom stereocenters. The summed E-state index contributed by atoms with van der Waals surface area (Å²) in [7, 11) is 1.48. The van der Waals surface area contributed by atoms with Crippen molar-refractivity contribution in [2.75, 3.05) is 20.3 Å². The Morgan fingerprint density at radius 3 is 2.48 bits per heavy atom. The van der Waals surface area contributed by atoms with Crippen LogP contribution in [0.5, 0.6) is 0 Å². The average Bonchev–Trinajstić information content (AvgIpc) is 3.36. The molecule has 4 nitrogen and oxygen atoms in total. The number of hydrogen-bond acceptors (Lipinski definition) is 4. The van der Waals surface area contributed by atoms with Gasteiger partial charge >= 0.3 is 5.97 Å². The monoisotopic (exact) mass is 297 g/mol. The molecule has 2 rings (SSSR count). The molecular weight excluding hydrogens is 266 g/mol. The molecule has 21 heavy (non-hydrogen) atoms. The van der Waals surface area contributed by atoms with Gasteiger partial charge in [0.1, 0.15) is 5.54 Å². The van der Waals surface area contributed by atoms with Gasteiger partial charge < -0.3 is 9.47 Å². The molecule has 0 amide bonds. The maximum atomic E-state index is 12.4. The minimum absolute atomic E-state index is 0.157. The van der Waals surface area contributed by atoms with Crippen LogP contribution in [0.1, 0.15) is 58.8 Å². The summed E-state index contributed by atoms with van der Waals surface area (Å²) >= 11 is 0. The summed E-state index contributed by atoms with van der Waals surface area (Å²) in [6.45, 7) is 5.50. The molecule has 0 aromatic carbocycles. The Bertz CT molecular complexity index is 343. The van der Waals surface area contributed by atoms with Gasteiger partial charge in [0.25, 0.3) is 0 Å².